The Kier molecular flexibility index (Phi) is 5.79. The molecule has 1 fully saturated rings. The summed E-state index contributed by atoms with van der Waals surface area (Å²) in [5.74, 6) is 1.67. The SMILES string of the molecule is CC(C)(C)OC(=O)n1cc(Nc2ccccc2)cc1C(=O)N1CCSCC1. The standard InChI is InChI=1S/C20H25N3O3S/c1-20(2,3)26-19(25)23-14-16(21-15-7-5-4-6-8-15)13-17(23)18(24)22-9-11-27-12-10-22/h4-8,13-14,21H,9-12H2,1-3H3. The summed E-state index contributed by atoms with van der Waals surface area (Å²) >= 11 is 1.83. The maximum atomic E-state index is 13.0. The highest BCUT2D eigenvalue weighted by Gasteiger charge is 2.27. The topological polar surface area (TPSA) is 63.6 Å². The summed E-state index contributed by atoms with van der Waals surface area (Å²) in [5.41, 5.74) is 1.22. The fourth-order valence-electron chi connectivity index (χ4n) is 2.77. The minimum atomic E-state index is -0.642. The molecule has 0 atom stereocenters. The molecule has 0 radical (unpaired) electrons. The average Bonchev–Trinajstić information content (AvgIpc) is 3.05. The molecule has 0 aliphatic carbocycles. The Morgan fingerprint density at radius 2 is 1.74 bits per heavy atom. The van der Waals surface area contributed by atoms with Gasteiger partial charge in [-0.3, -0.25) is 4.79 Å². The molecule has 2 aromatic rings. The van der Waals surface area contributed by atoms with Crippen molar-refractivity contribution in [3.63, 3.8) is 0 Å². The molecule has 0 unspecified atom stereocenters. The van der Waals surface area contributed by atoms with Crippen LogP contribution in [0.4, 0.5) is 16.2 Å². The Bertz CT molecular complexity index is 806. The maximum Gasteiger partial charge on any atom is 0.419 e. The van der Waals surface area contributed by atoms with Crippen LogP contribution in [0.15, 0.2) is 42.6 Å². The number of amides is 1. The molecule has 1 aromatic carbocycles. The monoisotopic (exact) mass is 387 g/mol. The summed E-state index contributed by atoms with van der Waals surface area (Å²) in [6.45, 7) is 6.79. The van der Waals surface area contributed by atoms with Crippen LogP contribution in [0.1, 0.15) is 31.3 Å². The van der Waals surface area contributed by atoms with Gasteiger partial charge in [0.15, 0.2) is 0 Å². The van der Waals surface area contributed by atoms with Crippen molar-refractivity contribution in [3.8, 4) is 0 Å². The number of carbonyl (C=O) groups excluding carboxylic acids is 2. The maximum absolute atomic E-state index is 13.0. The van der Waals surface area contributed by atoms with Gasteiger partial charge in [-0.2, -0.15) is 11.8 Å². The molecule has 0 bridgehead atoms. The number of hydrogen-bond acceptors (Lipinski definition) is 5. The van der Waals surface area contributed by atoms with Crippen LogP contribution < -0.4 is 5.32 Å². The fraction of sp³-hybridized carbons (Fsp3) is 0.400. The van der Waals surface area contributed by atoms with Crippen LogP contribution in [0, 0.1) is 0 Å². The minimum absolute atomic E-state index is 0.151. The van der Waals surface area contributed by atoms with Gasteiger partial charge in [0.2, 0.25) is 0 Å². The smallest absolute Gasteiger partial charge is 0.419 e. The van der Waals surface area contributed by atoms with E-state index >= 15 is 0 Å². The fourth-order valence-corrected chi connectivity index (χ4v) is 3.68. The number of hydrogen-bond donors (Lipinski definition) is 1. The van der Waals surface area contributed by atoms with Crippen LogP contribution in [-0.4, -0.2) is 51.7 Å². The second-order valence-electron chi connectivity index (χ2n) is 7.36. The summed E-state index contributed by atoms with van der Waals surface area (Å²) in [7, 11) is 0. The summed E-state index contributed by atoms with van der Waals surface area (Å²) in [4.78, 5) is 27.5. The molecule has 2 heterocycles. The number of anilines is 2. The van der Waals surface area contributed by atoms with Gasteiger partial charge >= 0.3 is 6.09 Å². The number of para-hydroxylation sites is 1. The van der Waals surface area contributed by atoms with Crippen molar-refractivity contribution in [2.75, 3.05) is 29.9 Å². The summed E-state index contributed by atoms with van der Waals surface area (Å²) in [6.07, 6.45) is 1.06. The van der Waals surface area contributed by atoms with Crippen molar-refractivity contribution >= 4 is 35.1 Å². The van der Waals surface area contributed by atoms with Crippen LogP contribution in [0.5, 0.6) is 0 Å². The molecule has 1 aromatic heterocycles. The molecule has 6 nitrogen and oxygen atoms in total. The van der Waals surface area contributed by atoms with E-state index < -0.39 is 11.7 Å². The average molecular weight is 388 g/mol. The van der Waals surface area contributed by atoms with E-state index in [4.69, 9.17) is 4.74 Å². The third kappa shape index (κ3) is 5.07. The zero-order chi connectivity index (χ0) is 19.4. The third-order valence-corrected chi connectivity index (χ3v) is 4.93. The Hall–Kier alpha value is -2.41. The van der Waals surface area contributed by atoms with Crippen LogP contribution in [0.2, 0.25) is 0 Å². The number of carbonyl (C=O) groups is 2. The number of rotatable bonds is 3. The number of nitrogens with zero attached hydrogens (tertiary/aromatic N) is 2. The first-order valence-electron chi connectivity index (χ1n) is 8.98. The van der Waals surface area contributed by atoms with Crippen molar-refractivity contribution in [1.29, 1.82) is 0 Å². The lowest BCUT2D eigenvalue weighted by Gasteiger charge is -2.27. The molecular weight excluding hydrogens is 362 g/mol. The number of aromatic nitrogens is 1. The predicted molar refractivity (Wildman–Crippen MR) is 109 cm³/mol. The van der Waals surface area contributed by atoms with E-state index in [9.17, 15) is 9.59 Å². The first-order valence-corrected chi connectivity index (χ1v) is 10.1. The van der Waals surface area contributed by atoms with Gasteiger partial charge < -0.3 is 15.0 Å². The lowest BCUT2D eigenvalue weighted by Crippen LogP contribution is -2.39. The number of ether oxygens (including phenoxy) is 1. The second kappa shape index (κ2) is 8.08. The lowest BCUT2D eigenvalue weighted by atomic mass is 10.2. The third-order valence-electron chi connectivity index (χ3n) is 3.99. The van der Waals surface area contributed by atoms with E-state index in [0.29, 0.717) is 24.5 Å². The van der Waals surface area contributed by atoms with Crippen molar-refractivity contribution in [2.24, 2.45) is 0 Å². The molecule has 1 saturated heterocycles. The predicted octanol–water partition coefficient (Wildman–Crippen LogP) is 4.20. The van der Waals surface area contributed by atoms with Crippen LogP contribution in [0.3, 0.4) is 0 Å². The van der Waals surface area contributed by atoms with Gasteiger partial charge in [-0.25, -0.2) is 9.36 Å². The molecule has 7 heteroatoms. The largest absolute Gasteiger partial charge is 0.443 e. The highest BCUT2D eigenvalue weighted by Crippen LogP contribution is 2.23. The zero-order valence-electron chi connectivity index (χ0n) is 15.9. The van der Waals surface area contributed by atoms with E-state index in [-0.39, 0.29) is 5.91 Å². The minimum Gasteiger partial charge on any atom is -0.443 e. The van der Waals surface area contributed by atoms with E-state index in [2.05, 4.69) is 5.32 Å². The normalized spacial score (nSPS) is 14.7. The number of thioether (sulfide) groups is 1. The van der Waals surface area contributed by atoms with Crippen LogP contribution in [-0.2, 0) is 4.74 Å². The van der Waals surface area contributed by atoms with Gasteiger partial charge in [0.1, 0.15) is 11.3 Å². The Labute approximate surface area is 163 Å². The van der Waals surface area contributed by atoms with Gasteiger partial charge in [-0.1, -0.05) is 18.2 Å². The van der Waals surface area contributed by atoms with Crippen molar-refractivity contribution in [1.82, 2.24) is 9.47 Å². The van der Waals surface area contributed by atoms with E-state index in [0.717, 1.165) is 17.2 Å². The molecule has 0 spiro atoms. The number of benzene rings is 1. The van der Waals surface area contributed by atoms with Crippen LogP contribution in [0.25, 0.3) is 0 Å². The summed E-state index contributed by atoms with van der Waals surface area (Å²) < 4.78 is 6.79. The second-order valence-corrected chi connectivity index (χ2v) is 8.58. The highest BCUT2D eigenvalue weighted by atomic mass is 32.2. The van der Waals surface area contributed by atoms with E-state index in [1.807, 2.05) is 42.1 Å². The van der Waals surface area contributed by atoms with Crippen molar-refractivity contribution in [2.45, 2.75) is 26.4 Å². The Balaban J connectivity index is 1.90. The zero-order valence-corrected chi connectivity index (χ0v) is 16.7. The molecule has 3 rings (SSSR count). The first kappa shape index (κ1) is 19.4. The van der Waals surface area contributed by atoms with Gasteiger partial charge in [0.25, 0.3) is 5.91 Å². The molecule has 1 aliphatic rings. The van der Waals surface area contributed by atoms with Crippen molar-refractivity contribution < 1.29 is 14.3 Å². The van der Waals surface area contributed by atoms with Gasteiger partial charge in [-0.05, 0) is 39.0 Å². The molecule has 0 saturated carbocycles. The molecular formula is C20H25N3O3S. The van der Waals surface area contributed by atoms with Gasteiger partial charge in [-0.15, -0.1) is 0 Å². The molecule has 1 aliphatic heterocycles. The quantitative estimate of drug-likeness (QED) is 0.855. The summed E-state index contributed by atoms with van der Waals surface area (Å²) in [6, 6.07) is 11.3. The van der Waals surface area contributed by atoms with E-state index in [1.165, 1.54) is 4.57 Å². The Morgan fingerprint density at radius 1 is 1.07 bits per heavy atom. The van der Waals surface area contributed by atoms with Gasteiger partial charge in [0, 0.05) is 36.5 Å². The first-order chi connectivity index (χ1) is 12.8. The lowest BCUT2D eigenvalue weighted by molar-refractivity contribution is 0.0517. The number of nitrogens with one attached hydrogen (secondary N) is 1. The molecule has 27 heavy (non-hydrogen) atoms. The molecule has 144 valence electrons. The highest BCUT2D eigenvalue weighted by molar-refractivity contribution is 7.99. The Morgan fingerprint density at radius 3 is 2.37 bits per heavy atom. The van der Waals surface area contributed by atoms with Crippen LogP contribution >= 0.6 is 11.8 Å². The summed E-state index contributed by atoms with van der Waals surface area (Å²) in [5, 5.41) is 3.24. The molecule has 1 N–H and O–H groups in total. The molecule has 1 amide bonds. The van der Waals surface area contributed by atoms with Crippen molar-refractivity contribution in [3.05, 3.63) is 48.3 Å². The van der Waals surface area contributed by atoms with E-state index in [1.54, 1.807) is 37.9 Å². The van der Waals surface area contributed by atoms with Gasteiger partial charge in [0.05, 0.1) is 5.69 Å².